The van der Waals surface area contributed by atoms with Gasteiger partial charge in [-0.05, 0) is 175 Å². The van der Waals surface area contributed by atoms with Crippen molar-refractivity contribution < 1.29 is 67.4 Å². The molecule has 1 fully saturated rings. The summed E-state index contributed by atoms with van der Waals surface area (Å²) < 4.78 is 0. The first-order chi connectivity index (χ1) is 56.9. The minimum atomic E-state index is -1.37. The average molecular weight is 1660 g/mol. The lowest BCUT2D eigenvalue weighted by Gasteiger charge is -2.32. The smallest absolute Gasteiger partial charge is 0.326 e. The van der Waals surface area contributed by atoms with E-state index in [2.05, 4.69) is 58.5 Å². The van der Waals surface area contributed by atoms with Gasteiger partial charge in [0, 0.05) is 32.2 Å². The number of nitrogens with one attached hydrogen (secondary N) is 11. The molecule has 31 nitrogen and oxygen atoms in total. The molecule has 12 amide bonds. The van der Waals surface area contributed by atoms with Gasteiger partial charge in [-0.3, -0.25) is 57.5 Å². The van der Waals surface area contributed by atoms with E-state index in [4.69, 9.17) is 28.7 Å². The first-order valence-corrected chi connectivity index (χ1v) is 42.5. The molecule has 1 heterocycles. The molecule has 4 aromatic rings. The molecular formula is C88H135N17O14. The van der Waals surface area contributed by atoms with Crippen molar-refractivity contribution in [2.45, 2.75) is 269 Å². The minimum absolute atomic E-state index is 0.0469. The van der Waals surface area contributed by atoms with Crippen LogP contribution in [0.2, 0.25) is 0 Å². The number of amides is 12. The highest BCUT2D eigenvalue weighted by Crippen LogP contribution is 2.23. The lowest BCUT2D eigenvalue weighted by atomic mass is 9.97. The predicted octanol–water partition coefficient (Wildman–Crippen LogP) is 3.00. The van der Waals surface area contributed by atoms with Gasteiger partial charge in [-0.2, -0.15) is 0 Å². The van der Waals surface area contributed by atoms with E-state index >= 15 is 14.4 Å². The van der Waals surface area contributed by atoms with Gasteiger partial charge >= 0.3 is 5.97 Å². The van der Waals surface area contributed by atoms with E-state index < -0.39 is 161 Å². The van der Waals surface area contributed by atoms with Crippen LogP contribution in [-0.4, -0.2) is 198 Å². The van der Waals surface area contributed by atoms with Crippen molar-refractivity contribution in [1.82, 2.24) is 63.4 Å². The lowest BCUT2D eigenvalue weighted by Crippen LogP contribution is -2.61. The number of benzene rings is 4. The maximum Gasteiger partial charge on any atom is 0.326 e. The summed E-state index contributed by atoms with van der Waals surface area (Å²) >= 11 is 0. The fourth-order valence-electron chi connectivity index (χ4n) is 14.3. The number of carboxylic acid groups (broad SMARTS) is 1. The molecular weight excluding hydrogens is 1520 g/mol. The van der Waals surface area contributed by atoms with Crippen molar-refractivity contribution in [2.24, 2.45) is 52.3 Å². The molecule has 1 saturated heterocycles. The SMILES string of the molecule is CC(C)C[C@H](NC(=O)[C@H](Cc1ccccc1)NC(=O)[C@@H]1CCCN1C(=O)[C@H](CC(C)C)NC(=O)[C@@H](NC(=O)[C@H](CC(C)C)NC(=O)[C@H](CCCCN)NC(=O)[C@H](CCCCN)NC(=O)[C@H](CCCCN)NC(=O)[C@@H](N)CCCCN)C(C)C)C(=O)N[C@@H](Cc1ccccc1)C(=O)N[C@@H](Cc1ccccc1)C(=O)N[C@@H](Cc1ccccc1)C(=O)O. The predicted molar refractivity (Wildman–Crippen MR) is 457 cm³/mol. The molecule has 656 valence electrons. The van der Waals surface area contributed by atoms with Crippen LogP contribution >= 0.6 is 0 Å². The van der Waals surface area contributed by atoms with Gasteiger partial charge in [0.15, 0.2) is 0 Å². The monoisotopic (exact) mass is 1650 g/mol. The van der Waals surface area contributed by atoms with Crippen LogP contribution in [0, 0.1) is 23.7 Å². The molecule has 0 radical (unpaired) electrons. The first kappa shape index (κ1) is 99.4. The Balaban J connectivity index is 1.36. The molecule has 5 rings (SSSR count). The average Bonchev–Trinajstić information content (AvgIpc) is 1.71. The van der Waals surface area contributed by atoms with Crippen LogP contribution in [0.15, 0.2) is 121 Å². The number of aliphatic carboxylic acids is 1. The standard InChI is InChI=1S/C88H135N17O14/c1-55(2)48-67(80(110)99-69(51-59-30-13-9-14-31-59)81(111)100-70(52-60-32-15-10-16-33-60)83(113)103-73(88(118)119)54-62-36-19-12-20-37-62)98-82(112)71(53-61-34-17-11-18-35-61)101-85(115)74-42-29-47-105(74)87(117)72(50-57(5)6)102-86(116)75(58(7)8)104-84(114)68(49-56(3)4)97-79(109)66(41-24-28-46-92)96-78(108)65(40-23-27-45-91)95-77(107)64(39-22-26-44-90)94-76(106)63(93)38-21-25-43-89/h9-20,30-37,55-58,63-75H,21-29,38-54,89-93H2,1-8H3,(H,94,106)(H,95,107)(H,96,108)(H,97,109)(H,98,112)(H,99,110)(H,100,111)(H,101,115)(H,102,116)(H,103,113)(H,104,114)(H,118,119)/t63-,64-,65-,66-,67-,68-,69-,70-,71-,72-,73-,74-,75-/m0/s1. The van der Waals surface area contributed by atoms with Gasteiger partial charge in [0.2, 0.25) is 70.9 Å². The summed E-state index contributed by atoms with van der Waals surface area (Å²) in [5.41, 5.74) is 32.0. The van der Waals surface area contributed by atoms with Crippen molar-refractivity contribution in [1.29, 1.82) is 0 Å². The molecule has 0 spiro atoms. The quantitative estimate of drug-likeness (QED) is 0.0283. The summed E-state index contributed by atoms with van der Waals surface area (Å²) in [4.78, 5) is 190. The van der Waals surface area contributed by atoms with Crippen molar-refractivity contribution in [2.75, 3.05) is 32.7 Å². The third kappa shape index (κ3) is 35.7. The fourth-order valence-corrected chi connectivity index (χ4v) is 14.3. The molecule has 0 unspecified atom stereocenters. The summed E-state index contributed by atoms with van der Waals surface area (Å²) in [6.45, 7) is 15.9. The maximum atomic E-state index is 15.2. The van der Waals surface area contributed by atoms with Crippen LogP contribution in [-0.2, 0) is 88.0 Å². The molecule has 22 N–H and O–H groups in total. The van der Waals surface area contributed by atoms with E-state index in [1.54, 1.807) is 135 Å². The number of rotatable bonds is 55. The van der Waals surface area contributed by atoms with E-state index in [0.717, 1.165) is 0 Å². The number of nitrogens with zero attached hydrogens (tertiary/aromatic N) is 1. The molecule has 31 heteroatoms. The number of carboxylic acids is 1. The third-order valence-electron chi connectivity index (χ3n) is 20.8. The van der Waals surface area contributed by atoms with Gasteiger partial charge in [0.1, 0.15) is 72.5 Å². The third-order valence-corrected chi connectivity index (χ3v) is 20.8. The normalized spacial score (nSPS) is 15.7. The summed E-state index contributed by atoms with van der Waals surface area (Å²) in [7, 11) is 0. The number of likely N-dealkylation sites (tertiary alicyclic amines) is 1. The van der Waals surface area contributed by atoms with Gasteiger partial charge in [0.05, 0.1) is 6.04 Å². The number of nitrogens with two attached hydrogens (primary N) is 5. The van der Waals surface area contributed by atoms with E-state index in [-0.39, 0.29) is 101 Å². The van der Waals surface area contributed by atoms with Gasteiger partial charge in [-0.1, -0.05) is 183 Å². The Kier molecular flexibility index (Phi) is 44.5. The van der Waals surface area contributed by atoms with Gasteiger partial charge in [-0.25, -0.2) is 4.79 Å². The van der Waals surface area contributed by atoms with Crippen LogP contribution in [0.25, 0.3) is 0 Å². The Labute approximate surface area is 701 Å². The van der Waals surface area contributed by atoms with E-state index in [1.807, 2.05) is 41.5 Å². The lowest BCUT2D eigenvalue weighted by molar-refractivity contribution is -0.143. The Bertz CT molecular complexity index is 3830. The van der Waals surface area contributed by atoms with Crippen molar-refractivity contribution in [3.63, 3.8) is 0 Å². The zero-order chi connectivity index (χ0) is 87.5. The molecule has 1 aliphatic heterocycles. The highest BCUT2D eigenvalue weighted by molar-refractivity contribution is 6.00. The number of carbonyl (C=O) groups excluding carboxylic acids is 12. The number of unbranched alkanes of at least 4 members (excludes halogenated alkanes) is 4. The maximum absolute atomic E-state index is 15.2. The van der Waals surface area contributed by atoms with Crippen molar-refractivity contribution in [3.8, 4) is 0 Å². The molecule has 0 aromatic heterocycles. The van der Waals surface area contributed by atoms with Gasteiger partial charge in [0.25, 0.3) is 0 Å². The number of carbonyl (C=O) groups is 13. The Morgan fingerprint density at radius 2 is 0.630 bits per heavy atom. The second kappa shape index (κ2) is 53.4. The Morgan fingerprint density at radius 3 is 0.983 bits per heavy atom. The fraction of sp³-hybridized carbons (Fsp3) is 0.580. The molecule has 4 aromatic carbocycles. The van der Waals surface area contributed by atoms with Crippen LogP contribution < -0.4 is 87.2 Å². The van der Waals surface area contributed by atoms with E-state index in [1.165, 1.54) is 4.90 Å². The summed E-state index contributed by atoms with van der Waals surface area (Å²) in [6, 6.07) is 19.2. The molecule has 0 aliphatic carbocycles. The molecule has 0 saturated carbocycles. The van der Waals surface area contributed by atoms with Gasteiger partial charge < -0.3 is 97.2 Å². The van der Waals surface area contributed by atoms with Crippen LogP contribution in [0.5, 0.6) is 0 Å². The Hall–Kier alpha value is -10.2. The van der Waals surface area contributed by atoms with Crippen molar-refractivity contribution in [3.05, 3.63) is 144 Å². The number of hydrogen-bond acceptors (Lipinski definition) is 18. The Morgan fingerprint density at radius 1 is 0.345 bits per heavy atom. The topological polar surface area (TPSA) is 508 Å². The molecule has 119 heavy (non-hydrogen) atoms. The summed E-state index contributed by atoms with van der Waals surface area (Å²) in [6.07, 6.45) is 5.37. The van der Waals surface area contributed by atoms with E-state index in [0.29, 0.717) is 106 Å². The first-order valence-electron chi connectivity index (χ1n) is 42.5. The second-order valence-corrected chi connectivity index (χ2v) is 32.8. The summed E-state index contributed by atoms with van der Waals surface area (Å²) in [5.74, 6) is -10.9. The molecule has 1 aliphatic rings. The molecule has 13 atom stereocenters. The largest absolute Gasteiger partial charge is 0.480 e. The summed E-state index contributed by atoms with van der Waals surface area (Å²) in [5, 5.41) is 41.4. The highest BCUT2D eigenvalue weighted by atomic mass is 16.4. The zero-order valence-electron chi connectivity index (χ0n) is 70.8. The van der Waals surface area contributed by atoms with Crippen molar-refractivity contribution >= 4 is 76.9 Å². The van der Waals surface area contributed by atoms with Gasteiger partial charge in [-0.15, -0.1) is 0 Å². The zero-order valence-corrected chi connectivity index (χ0v) is 70.8. The van der Waals surface area contributed by atoms with Crippen LogP contribution in [0.1, 0.15) is 187 Å². The van der Waals surface area contributed by atoms with Crippen LogP contribution in [0.4, 0.5) is 0 Å². The minimum Gasteiger partial charge on any atom is -0.480 e. The molecule has 0 bridgehead atoms. The van der Waals surface area contributed by atoms with E-state index in [9.17, 15) is 53.1 Å². The highest BCUT2D eigenvalue weighted by Gasteiger charge is 2.42. The van der Waals surface area contributed by atoms with Crippen LogP contribution in [0.3, 0.4) is 0 Å². The second-order valence-electron chi connectivity index (χ2n) is 32.8. The number of hydrogen-bond donors (Lipinski definition) is 17.